The molecule has 1 rings (SSSR count). The van der Waals surface area contributed by atoms with Gasteiger partial charge in [0.25, 0.3) is 0 Å². The molecule has 0 saturated carbocycles. The topological polar surface area (TPSA) is 49.4 Å². The second kappa shape index (κ2) is 6.16. The van der Waals surface area contributed by atoms with Crippen molar-refractivity contribution in [2.45, 2.75) is 40.2 Å². The zero-order valence-electron chi connectivity index (χ0n) is 11.4. The molecular formula is C12H26N2O2S. The Bertz CT molecular complexity index is 327. The zero-order chi connectivity index (χ0) is 13.1. The largest absolute Gasteiger partial charge is 0.313 e. The Morgan fingerprint density at radius 1 is 1.29 bits per heavy atom. The van der Waals surface area contributed by atoms with Gasteiger partial charge in [-0.3, -0.25) is 0 Å². The molecule has 17 heavy (non-hydrogen) atoms. The fourth-order valence-corrected chi connectivity index (χ4v) is 3.56. The Morgan fingerprint density at radius 2 is 1.94 bits per heavy atom. The fourth-order valence-electron chi connectivity index (χ4n) is 2.08. The summed E-state index contributed by atoms with van der Waals surface area (Å²) in [5.41, 5.74) is 0. The minimum absolute atomic E-state index is 0.215. The van der Waals surface area contributed by atoms with Gasteiger partial charge in [0.1, 0.15) is 0 Å². The second-order valence-electron chi connectivity index (χ2n) is 5.53. The highest BCUT2D eigenvalue weighted by molar-refractivity contribution is 7.89. The van der Waals surface area contributed by atoms with Crippen molar-refractivity contribution in [3.8, 4) is 0 Å². The molecular weight excluding hydrogens is 236 g/mol. The third-order valence-electron chi connectivity index (χ3n) is 3.60. The average Bonchev–Trinajstić information content (AvgIpc) is 2.21. The molecule has 0 bridgehead atoms. The van der Waals surface area contributed by atoms with Crippen LogP contribution in [0.1, 0.15) is 34.1 Å². The highest BCUT2D eigenvalue weighted by Gasteiger charge is 2.30. The molecule has 5 heteroatoms. The molecule has 102 valence electrons. The van der Waals surface area contributed by atoms with Crippen molar-refractivity contribution in [3.05, 3.63) is 0 Å². The number of nitrogens with zero attached hydrogens (tertiary/aromatic N) is 1. The van der Waals surface area contributed by atoms with E-state index < -0.39 is 10.0 Å². The molecule has 1 N–H and O–H groups in total. The van der Waals surface area contributed by atoms with Gasteiger partial charge in [-0.2, -0.15) is 0 Å². The lowest BCUT2D eigenvalue weighted by atomic mass is 9.90. The fraction of sp³-hybridized carbons (Fsp3) is 1.00. The van der Waals surface area contributed by atoms with E-state index in [0.717, 1.165) is 6.42 Å². The van der Waals surface area contributed by atoms with Crippen LogP contribution >= 0.6 is 0 Å². The lowest BCUT2D eigenvalue weighted by Crippen LogP contribution is -2.44. The summed E-state index contributed by atoms with van der Waals surface area (Å²) in [5, 5.41) is 3.15. The predicted octanol–water partition coefficient (Wildman–Crippen LogP) is 1.29. The van der Waals surface area contributed by atoms with E-state index in [-0.39, 0.29) is 5.75 Å². The van der Waals surface area contributed by atoms with Gasteiger partial charge in [0.15, 0.2) is 0 Å². The van der Waals surface area contributed by atoms with Crippen molar-refractivity contribution in [1.82, 2.24) is 9.62 Å². The molecule has 0 amide bonds. The van der Waals surface area contributed by atoms with Gasteiger partial charge < -0.3 is 5.32 Å². The number of hydrogen-bond donors (Lipinski definition) is 1. The lowest BCUT2D eigenvalue weighted by molar-refractivity contribution is 0.212. The number of piperidine rings is 1. The number of sulfonamides is 1. The molecule has 1 saturated heterocycles. The van der Waals surface area contributed by atoms with E-state index in [1.807, 2.05) is 13.8 Å². The van der Waals surface area contributed by atoms with Crippen molar-refractivity contribution in [2.75, 3.05) is 25.4 Å². The first-order valence-electron chi connectivity index (χ1n) is 6.54. The Balaban J connectivity index is 2.47. The molecule has 2 unspecified atom stereocenters. The first kappa shape index (κ1) is 14.9. The summed E-state index contributed by atoms with van der Waals surface area (Å²) < 4.78 is 25.9. The first-order valence-corrected chi connectivity index (χ1v) is 8.15. The molecule has 2 atom stereocenters. The third kappa shape index (κ3) is 4.56. The number of hydrogen-bond acceptors (Lipinski definition) is 3. The summed E-state index contributed by atoms with van der Waals surface area (Å²) in [5.74, 6) is 1.32. The van der Waals surface area contributed by atoms with Crippen molar-refractivity contribution < 1.29 is 8.42 Å². The van der Waals surface area contributed by atoms with E-state index in [2.05, 4.69) is 19.2 Å². The van der Waals surface area contributed by atoms with Crippen LogP contribution in [0.15, 0.2) is 0 Å². The quantitative estimate of drug-likeness (QED) is 0.812. The lowest BCUT2D eigenvalue weighted by Gasteiger charge is -2.34. The van der Waals surface area contributed by atoms with Gasteiger partial charge in [-0.05, 0) is 18.3 Å². The van der Waals surface area contributed by atoms with E-state index in [1.54, 1.807) is 4.31 Å². The molecule has 0 radical (unpaired) electrons. The molecule has 0 spiro atoms. The van der Waals surface area contributed by atoms with Crippen LogP contribution in [0.25, 0.3) is 0 Å². The summed E-state index contributed by atoms with van der Waals surface area (Å²) in [6, 6.07) is 0.338. The highest BCUT2D eigenvalue weighted by atomic mass is 32.2. The minimum Gasteiger partial charge on any atom is -0.313 e. The van der Waals surface area contributed by atoms with Gasteiger partial charge in [0.05, 0.1) is 5.75 Å². The Hall–Kier alpha value is -0.130. The number of nitrogens with one attached hydrogen (secondary N) is 1. The monoisotopic (exact) mass is 262 g/mol. The Kier molecular flexibility index (Phi) is 5.41. The smallest absolute Gasteiger partial charge is 0.215 e. The van der Waals surface area contributed by atoms with Crippen molar-refractivity contribution >= 4 is 10.0 Å². The minimum atomic E-state index is -3.06. The van der Waals surface area contributed by atoms with E-state index in [4.69, 9.17) is 0 Å². The van der Waals surface area contributed by atoms with Gasteiger partial charge >= 0.3 is 0 Å². The van der Waals surface area contributed by atoms with Crippen LogP contribution in [0.2, 0.25) is 0 Å². The van der Waals surface area contributed by atoms with E-state index in [9.17, 15) is 8.42 Å². The van der Waals surface area contributed by atoms with Crippen LogP contribution < -0.4 is 5.32 Å². The average molecular weight is 262 g/mol. The van der Waals surface area contributed by atoms with Gasteiger partial charge in [0, 0.05) is 25.7 Å². The molecule has 4 nitrogen and oxygen atoms in total. The summed E-state index contributed by atoms with van der Waals surface area (Å²) in [7, 11) is -3.06. The molecule has 0 aromatic carbocycles. The van der Waals surface area contributed by atoms with E-state index in [0.29, 0.717) is 37.5 Å². The summed E-state index contributed by atoms with van der Waals surface area (Å²) in [6.45, 7) is 10.3. The molecule has 1 heterocycles. The van der Waals surface area contributed by atoms with Crippen LogP contribution in [0, 0.1) is 11.8 Å². The van der Waals surface area contributed by atoms with Crippen molar-refractivity contribution in [3.63, 3.8) is 0 Å². The van der Waals surface area contributed by atoms with E-state index >= 15 is 0 Å². The first-order chi connectivity index (χ1) is 7.83. The van der Waals surface area contributed by atoms with Crippen LogP contribution in [-0.4, -0.2) is 44.2 Å². The zero-order valence-corrected chi connectivity index (χ0v) is 12.3. The summed E-state index contributed by atoms with van der Waals surface area (Å²) in [6.07, 6.45) is 0.984. The Morgan fingerprint density at radius 3 is 2.47 bits per heavy atom. The SMILES string of the molecule is CC(C)NCCS(=O)(=O)N1CCC(C)C(C)C1. The molecule has 1 fully saturated rings. The molecule has 0 aromatic rings. The molecule has 0 aliphatic carbocycles. The van der Waals surface area contributed by atoms with Crippen molar-refractivity contribution in [1.29, 1.82) is 0 Å². The normalized spacial score (nSPS) is 27.6. The molecule has 0 aromatic heterocycles. The van der Waals surface area contributed by atoms with Crippen molar-refractivity contribution in [2.24, 2.45) is 11.8 Å². The highest BCUT2D eigenvalue weighted by Crippen LogP contribution is 2.24. The predicted molar refractivity (Wildman–Crippen MR) is 71.4 cm³/mol. The van der Waals surface area contributed by atoms with Crippen LogP contribution in [-0.2, 0) is 10.0 Å². The van der Waals surface area contributed by atoms with Gasteiger partial charge in [-0.25, -0.2) is 12.7 Å². The van der Waals surface area contributed by atoms with Gasteiger partial charge in [-0.1, -0.05) is 27.7 Å². The Labute approximate surface area is 106 Å². The maximum Gasteiger partial charge on any atom is 0.215 e. The maximum atomic E-state index is 12.1. The molecule has 1 aliphatic heterocycles. The summed E-state index contributed by atoms with van der Waals surface area (Å²) in [4.78, 5) is 0. The van der Waals surface area contributed by atoms with Gasteiger partial charge in [0.2, 0.25) is 10.0 Å². The standard InChI is InChI=1S/C12H26N2O2S/c1-10(2)13-6-8-17(15,16)14-7-5-11(3)12(4)9-14/h10-13H,5-9H2,1-4H3. The van der Waals surface area contributed by atoms with Crippen LogP contribution in [0.4, 0.5) is 0 Å². The van der Waals surface area contributed by atoms with E-state index in [1.165, 1.54) is 0 Å². The second-order valence-corrected chi connectivity index (χ2v) is 7.61. The van der Waals surface area contributed by atoms with Crippen LogP contribution in [0.5, 0.6) is 0 Å². The molecule has 1 aliphatic rings. The van der Waals surface area contributed by atoms with Gasteiger partial charge in [-0.15, -0.1) is 0 Å². The maximum absolute atomic E-state index is 12.1. The van der Waals surface area contributed by atoms with Crippen LogP contribution in [0.3, 0.4) is 0 Å². The summed E-state index contributed by atoms with van der Waals surface area (Å²) >= 11 is 0. The third-order valence-corrected chi connectivity index (χ3v) is 5.44. The number of rotatable bonds is 5.